The summed E-state index contributed by atoms with van der Waals surface area (Å²) in [6.07, 6.45) is 0. The maximum Gasteiger partial charge on any atom is 0.100 e. The van der Waals surface area contributed by atoms with Gasteiger partial charge in [-0.05, 0) is 36.4 Å². The molecule has 0 heterocycles. The summed E-state index contributed by atoms with van der Waals surface area (Å²) in [6, 6.07) is 17.5. The van der Waals surface area contributed by atoms with Crippen LogP contribution in [0.5, 0.6) is 0 Å². The SMILES string of the molecule is CN(C)c1ccc(C#Cc2ccccc2C#N)cc1. The summed E-state index contributed by atoms with van der Waals surface area (Å²) >= 11 is 0. The van der Waals surface area contributed by atoms with Crippen molar-refractivity contribution in [1.82, 2.24) is 0 Å². The van der Waals surface area contributed by atoms with E-state index in [1.54, 1.807) is 6.07 Å². The third-order valence-corrected chi connectivity index (χ3v) is 2.77. The molecule has 0 radical (unpaired) electrons. The molecule has 0 atom stereocenters. The van der Waals surface area contributed by atoms with Gasteiger partial charge in [-0.2, -0.15) is 5.26 Å². The average Bonchev–Trinajstić information content (AvgIpc) is 2.45. The van der Waals surface area contributed by atoms with Crippen molar-refractivity contribution in [3.05, 3.63) is 65.2 Å². The van der Waals surface area contributed by atoms with E-state index < -0.39 is 0 Å². The Morgan fingerprint density at radius 1 is 0.842 bits per heavy atom. The molecule has 0 aliphatic rings. The zero-order chi connectivity index (χ0) is 13.7. The lowest BCUT2D eigenvalue weighted by atomic mass is 10.1. The Hall–Kier alpha value is -2.71. The molecule has 2 aromatic carbocycles. The Bertz CT molecular complexity index is 665. The van der Waals surface area contributed by atoms with Gasteiger partial charge in [0, 0.05) is 30.9 Å². The van der Waals surface area contributed by atoms with Crippen LogP contribution in [0.1, 0.15) is 16.7 Å². The molecule has 2 rings (SSSR count). The fourth-order valence-corrected chi connectivity index (χ4v) is 1.67. The Kier molecular flexibility index (Phi) is 3.86. The maximum absolute atomic E-state index is 8.99. The highest BCUT2D eigenvalue weighted by atomic mass is 15.1. The van der Waals surface area contributed by atoms with Crippen LogP contribution in [0.15, 0.2) is 48.5 Å². The molecule has 0 bridgehead atoms. The van der Waals surface area contributed by atoms with E-state index in [4.69, 9.17) is 5.26 Å². The monoisotopic (exact) mass is 246 g/mol. The van der Waals surface area contributed by atoms with Crippen LogP contribution in [0.2, 0.25) is 0 Å². The molecule has 0 spiro atoms. The second kappa shape index (κ2) is 5.76. The van der Waals surface area contributed by atoms with Crippen LogP contribution in [0, 0.1) is 23.2 Å². The highest BCUT2D eigenvalue weighted by Crippen LogP contribution is 2.12. The molecule has 0 amide bonds. The fraction of sp³-hybridized carbons (Fsp3) is 0.118. The van der Waals surface area contributed by atoms with Gasteiger partial charge in [-0.3, -0.25) is 0 Å². The number of anilines is 1. The van der Waals surface area contributed by atoms with Crippen molar-refractivity contribution in [3.8, 4) is 17.9 Å². The van der Waals surface area contributed by atoms with E-state index in [0.717, 1.165) is 16.8 Å². The highest BCUT2D eigenvalue weighted by Gasteiger charge is 1.96. The predicted molar refractivity (Wildman–Crippen MR) is 77.9 cm³/mol. The first kappa shape index (κ1) is 12.7. The maximum atomic E-state index is 8.99. The molecular formula is C17H14N2. The average molecular weight is 246 g/mol. The lowest BCUT2D eigenvalue weighted by molar-refractivity contribution is 1.13. The van der Waals surface area contributed by atoms with Crippen molar-refractivity contribution < 1.29 is 0 Å². The van der Waals surface area contributed by atoms with Gasteiger partial charge in [0.2, 0.25) is 0 Å². The number of nitriles is 1. The Morgan fingerprint density at radius 2 is 1.47 bits per heavy atom. The van der Waals surface area contributed by atoms with Crippen molar-refractivity contribution in [2.24, 2.45) is 0 Å². The van der Waals surface area contributed by atoms with E-state index in [9.17, 15) is 0 Å². The van der Waals surface area contributed by atoms with Gasteiger partial charge < -0.3 is 4.90 Å². The van der Waals surface area contributed by atoms with E-state index in [0.29, 0.717) is 5.56 Å². The molecule has 2 heteroatoms. The topological polar surface area (TPSA) is 27.0 Å². The van der Waals surface area contributed by atoms with E-state index in [2.05, 4.69) is 17.9 Å². The van der Waals surface area contributed by atoms with Crippen molar-refractivity contribution in [3.63, 3.8) is 0 Å². The van der Waals surface area contributed by atoms with Crippen LogP contribution in [0.4, 0.5) is 5.69 Å². The lowest BCUT2D eigenvalue weighted by Crippen LogP contribution is -2.07. The van der Waals surface area contributed by atoms with Crippen LogP contribution in [-0.2, 0) is 0 Å². The molecule has 0 unspecified atom stereocenters. The zero-order valence-corrected chi connectivity index (χ0v) is 11.0. The molecule has 19 heavy (non-hydrogen) atoms. The minimum Gasteiger partial charge on any atom is -0.378 e. The van der Waals surface area contributed by atoms with Crippen molar-refractivity contribution in [2.75, 3.05) is 19.0 Å². The minimum absolute atomic E-state index is 0.611. The minimum atomic E-state index is 0.611. The van der Waals surface area contributed by atoms with Crippen LogP contribution < -0.4 is 4.90 Å². The van der Waals surface area contributed by atoms with Gasteiger partial charge in [-0.25, -0.2) is 0 Å². The van der Waals surface area contributed by atoms with E-state index in [1.807, 2.05) is 61.5 Å². The summed E-state index contributed by atoms with van der Waals surface area (Å²) in [5.41, 5.74) is 3.46. The first-order valence-corrected chi connectivity index (χ1v) is 5.99. The van der Waals surface area contributed by atoms with Gasteiger partial charge >= 0.3 is 0 Å². The number of hydrogen-bond donors (Lipinski definition) is 0. The molecule has 0 N–H and O–H groups in total. The van der Waals surface area contributed by atoms with Gasteiger partial charge in [0.15, 0.2) is 0 Å². The summed E-state index contributed by atoms with van der Waals surface area (Å²) < 4.78 is 0. The van der Waals surface area contributed by atoms with Gasteiger partial charge in [0.25, 0.3) is 0 Å². The molecule has 0 aliphatic heterocycles. The first-order valence-electron chi connectivity index (χ1n) is 5.99. The molecule has 0 fully saturated rings. The van der Waals surface area contributed by atoms with Gasteiger partial charge in [0.1, 0.15) is 6.07 Å². The lowest BCUT2D eigenvalue weighted by Gasteiger charge is -2.11. The first-order chi connectivity index (χ1) is 9.20. The predicted octanol–water partition coefficient (Wildman–Crippen LogP) is 3.02. The Labute approximate surface area is 113 Å². The standard InChI is InChI=1S/C17H14N2/c1-19(2)17-11-8-14(9-12-17)7-10-15-5-3-4-6-16(15)13-18/h3-6,8-9,11-12H,1-2H3. The van der Waals surface area contributed by atoms with Crippen LogP contribution in [0.25, 0.3) is 0 Å². The third kappa shape index (κ3) is 3.15. The second-order valence-electron chi connectivity index (χ2n) is 4.35. The fourth-order valence-electron chi connectivity index (χ4n) is 1.67. The summed E-state index contributed by atoms with van der Waals surface area (Å²) in [5.74, 6) is 6.13. The molecule has 92 valence electrons. The largest absolute Gasteiger partial charge is 0.378 e. The van der Waals surface area contributed by atoms with E-state index >= 15 is 0 Å². The molecule has 0 saturated heterocycles. The van der Waals surface area contributed by atoms with Crippen LogP contribution in [0.3, 0.4) is 0 Å². The third-order valence-electron chi connectivity index (χ3n) is 2.77. The second-order valence-corrected chi connectivity index (χ2v) is 4.35. The summed E-state index contributed by atoms with van der Waals surface area (Å²) in [5, 5.41) is 8.99. The van der Waals surface area contributed by atoms with Gasteiger partial charge in [-0.1, -0.05) is 24.0 Å². The smallest absolute Gasteiger partial charge is 0.100 e. The Balaban J connectivity index is 2.27. The molecule has 0 aliphatic carbocycles. The molecule has 2 aromatic rings. The number of rotatable bonds is 1. The van der Waals surface area contributed by atoms with Gasteiger partial charge in [-0.15, -0.1) is 0 Å². The van der Waals surface area contributed by atoms with Gasteiger partial charge in [0.05, 0.1) is 5.56 Å². The van der Waals surface area contributed by atoms with E-state index in [1.165, 1.54) is 0 Å². The number of benzene rings is 2. The summed E-state index contributed by atoms with van der Waals surface area (Å²) in [6.45, 7) is 0. The normalized spacial score (nSPS) is 9.11. The Morgan fingerprint density at radius 3 is 2.05 bits per heavy atom. The highest BCUT2D eigenvalue weighted by molar-refractivity contribution is 5.53. The van der Waals surface area contributed by atoms with E-state index in [-0.39, 0.29) is 0 Å². The number of hydrogen-bond acceptors (Lipinski definition) is 2. The molecule has 0 saturated carbocycles. The van der Waals surface area contributed by atoms with Crippen molar-refractivity contribution in [2.45, 2.75) is 0 Å². The van der Waals surface area contributed by atoms with Crippen LogP contribution >= 0.6 is 0 Å². The zero-order valence-electron chi connectivity index (χ0n) is 11.0. The van der Waals surface area contributed by atoms with Crippen molar-refractivity contribution >= 4 is 5.69 Å². The van der Waals surface area contributed by atoms with Crippen molar-refractivity contribution in [1.29, 1.82) is 5.26 Å². The molecule has 2 nitrogen and oxygen atoms in total. The molecule has 0 aromatic heterocycles. The quantitative estimate of drug-likeness (QED) is 0.723. The molecular weight excluding hydrogens is 232 g/mol. The van der Waals surface area contributed by atoms with Crippen LogP contribution in [-0.4, -0.2) is 14.1 Å². The summed E-state index contributed by atoms with van der Waals surface area (Å²) in [7, 11) is 4.01. The number of nitrogens with zero attached hydrogens (tertiary/aromatic N) is 2. The summed E-state index contributed by atoms with van der Waals surface area (Å²) in [4.78, 5) is 2.04.